The van der Waals surface area contributed by atoms with Crippen LogP contribution in [0.5, 0.6) is 0 Å². The summed E-state index contributed by atoms with van der Waals surface area (Å²) < 4.78 is 15.4. The molecule has 0 fully saturated rings. The van der Waals surface area contributed by atoms with Crippen LogP contribution < -0.4 is 0 Å². The van der Waals surface area contributed by atoms with E-state index in [-0.39, 0.29) is 5.82 Å². The number of hydrogen-bond donors (Lipinski definition) is 0. The van der Waals surface area contributed by atoms with Crippen molar-refractivity contribution in [2.45, 2.75) is 24.8 Å². The molecule has 112 valence electrons. The maximum atomic E-state index is 13.7. The highest BCUT2D eigenvalue weighted by molar-refractivity contribution is 7.98. The van der Waals surface area contributed by atoms with Crippen LogP contribution in [0.2, 0.25) is 0 Å². The summed E-state index contributed by atoms with van der Waals surface area (Å²) in [6, 6.07) is 12.8. The summed E-state index contributed by atoms with van der Waals surface area (Å²) in [7, 11) is 0. The third-order valence-electron chi connectivity index (χ3n) is 3.34. The van der Waals surface area contributed by atoms with Crippen molar-refractivity contribution in [3.05, 3.63) is 65.0 Å². The van der Waals surface area contributed by atoms with E-state index in [0.717, 1.165) is 11.3 Å². The lowest BCUT2D eigenvalue weighted by Gasteiger charge is -2.08. The SMILES string of the molecule is Cc1ccc(-n2nnnc2SCc2ccccc2F)c(C)c1. The molecule has 3 rings (SSSR count). The van der Waals surface area contributed by atoms with Gasteiger partial charge in [-0.2, -0.15) is 4.68 Å². The highest BCUT2D eigenvalue weighted by atomic mass is 32.2. The molecule has 0 unspecified atom stereocenters. The molecule has 0 saturated carbocycles. The second kappa shape index (κ2) is 6.27. The molecule has 1 aromatic heterocycles. The summed E-state index contributed by atoms with van der Waals surface area (Å²) in [5.74, 6) is 0.276. The third-order valence-corrected chi connectivity index (χ3v) is 4.30. The van der Waals surface area contributed by atoms with E-state index in [0.29, 0.717) is 16.5 Å². The van der Waals surface area contributed by atoms with Crippen molar-refractivity contribution in [1.29, 1.82) is 0 Å². The van der Waals surface area contributed by atoms with Crippen molar-refractivity contribution in [3.8, 4) is 5.69 Å². The molecule has 0 radical (unpaired) electrons. The lowest BCUT2D eigenvalue weighted by molar-refractivity contribution is 0.617. The first-order valence-electron chi connectivity index (χ1n) is 6.87. The van der Waals surface area contributed by atoms with Crippen LogP contribution in [0, 0.1) is 19.7 Å². The minimum atomic E-state index is -0.208. The fourth-order valence-corrected chi connectivity index (χ4v) is 3.09. The first-order chi connectivity index (χ1) is 10.6. The molecule has 0 amide bonds. The van der Waals surface area contributed by atoms with Gasteiger partial charge in [0.25, 0.3) is 0 Å². The molecule has 2 aromatic carbocycles. The van der Waals surface area contributed by atoms with Gasteiger partial charge in [-0.1, -0.05) is 47.7 Å². The normalized spacial score (nSPS) is 10.9. The average Bonchev–Trinajstić information content (AvgIpc) is 2.95. The fourth-order valence-electron chi connectivity index (χ4n) is 2.22. The Hall–Kier alpha value is -2.21. The summed E-state index contributed by atoms with van der Waals surface area (Å²) in [5, 5.41) is 12.5. The van der Waals surface area contributed by atoms with Gasteiger partial charge < -0.3 is 0 Å². The number of tetrazole rings is 1. The average molecular weight is 314 g/mol. The standard InChI is InChI=1S/C16H15FN4S/c1-11-7-8-15(12(2)9-11)21-16(18-19-20-21)22-10-13-5-3-4-6-14(13)17/h3-9H,10H2,1-2H3. The van der Waals surface area contributed by atoms with Crippen LogP contribution in [-0.2, 0) is 5.75 Å². The van der Waals surface area contributed by atoms with Crippen molar-refractivity contribution >= 4 is 11.8 Å². The summed E-state index contributed by atoms with van der Waals surface area (Å²) in [5.41, 5.74) is 3.87. The van der Waals surface area contributed by atoms with Crippen molar-refractivity contribution in [3.63, 3.8) is 0 Å². The van der Waals surface area contributed by atoms with Gasteiger partial charge in [0.05, 0.1) is 5.69 Å². The number of thioether (sulfide) groups is 1. The maximum absolute atomic E-state index is 13.7. The van der Waals surface area contributed by atoms with E-state index in [1.54, 1.807) is 16.8 Å². The molecule has 22 heavy (non-hydrogen) atoms. The van der Waals surface area contributed by atoms with Crippen LogP contribution >= 0.6 is 11.8 Å². The second-order valence-corrected chi connectivity index (χ2v) is 5.99. The molecule has 0 atom stereocenters. The predicted molar refractivity (Wildman–Crippen MR) is 84.6 cm³/mol. The van der Waals surface area contributed by atoms with Crippen molar-refractivity contribution in [1.82, 2.24) is 20.2 Å². The van der Waals surface area contributed by atoms with Crippen molar-refractivity contribution < 1.29 is 4.39 Å². The number of aromatic nitrogens is 4. The third kappa shape index (κ3) is 3.01. The molecule has 0 spiro atoms. The van der Waals surface area contributed by atoms with Crippen LogP contribution in [-0.4, -0.2) is 20.2 Å². The molecule has 3 aromatic rings. The molecular formula is C16H15FN4S. The second-order valence-electron chi connectivity index (χ2n) is 5.04. The Morgan fingerprint density at radius 3 is 2.73 bits per heavy atom. The Morgan fingerprint density at radius 2 is 1.95 bits per heavy atom. The molecule has 4 nitrogen and oxygen atoms in total. The summed E-state index contributed by atoms with van der Waals surface area (Å²) in [4.78, 5) is 0. The number of nitrogens with zero attached hydrogens (tertiary/aromatic N) is 4. The van der Waals surface area contributed by atoms with Crippen LogP contribution in [0.1, 0.15) is 16.7 Å². The molecule has 0 bridgehead atoms. The Labute approximate surface area is 132 Å². The zero-order chi connectivity index (χ0) is 15.5. The van der Waals surface area contributed by atoms with Crippen molar-refractivity contribution in [2.24, 2.45) is 0 Å². The monoisotopic (exact) mass is 314 g/mol. The number of benzene rings is 2. The van der Waals surface area contributed by atoms with E-state index >= 15 is 0 Å². The highest BCUT2D eigenvalue weighted by Crippen LogP contribution is 2.25. The molecule has 1 heterocycles. The predicted octanol–water partition coefficient (Wildman–Crippen LogP) is 3.71. The number of hydrogen-bond acceptors (Lipinski definition) is 4. The zero-order valence-corrected chi connectivity index (χ0v) is 13.1. The van der Waals surface area contributed by atoms with Gasteiger partial charge in [0, 0.05) is 5.75 Å². The largest absolute Gasteiger partial charge is 0.214 e. The van der Waals surface area contributed by atoms with Crippen LogP contribution in [0.25, 0.3) is 5.69 Å². The van der Waals surface area contributed by atoms with E-state index in [1.165, 1.54) is 23.4 Å². The van der Waals surface area contributed by atoms with Crippen molar-refractivity contribution in [2.75, 3.05) is 0 Å². The fraction of sp³-hybridized carbons (Fsp3) is 0.188. The van der Waals surface area contributed by atoms with Gasteiger partial charge in [0.15, 0.2) is 0 Å². The topological polar surface area (TPSA) is 43.6 Å². The van der Waals surface area contributed by atoms with E-state index < -0.39 is 0 Å². The maximum Gasteiger partial charge on any atom is 0.214 e. The summed E-state index contributed by atoms with van der Waals surface area (Å²) >= 11 is 1.42. The molecule has 0 aliphatic carbocycles. The van der Waals surface area contributed by atoms with Crippen LogP contribution in [0.4, 0.5) is 4.39 Å². The lowest BCUT2D eigenvalue weighted by Crippen LogP contribution is -2.02. The van der Waals surface area contributed by atoms with E-state index in [2.05, 4.69) is 21.6 Å². The van der Waals surface area contributed by atoms with Crippen LogP contribution in [0.3, 0.4) is 0 Å². The minimum Gasteiger partial charge on any atom is -0.207 e. The van der Waals surface area contributed by atoms with Gasteiger partial charge in [-0.15, -0.1) is 5.10 Å². The molecule has 0 aliphatic rings. The summed E-state index contributed by atoms with van der Waals surface area (Å²) in [6.45, 7) is 4.07. The Bertz CT molecular complexity index is 800. The molecule has 0 aliphatic heterocycles. The first kappa shape index (κ1) is 14.7. The van der Waals surface area contributed by atoms with E-state index in [1.807, 2.05) is 32.0 Å². The quantitative estimate of drug-likeness (QED) is 0.689. The van der Waals surface area contributed by atoms with Gasteiger partial charge in [0.2, 0.25) is 5.16 Å². The zero-order valence-electron chi connectivity index (χ0n) is 12.3. The molecule has 0 N–H and O–H groups in total. The minimum absolute atomic E-state index is 0.208. The number of halogens is 1. The Balaban J connectivity index is 1.85. The van der Waals surface area contributed by atoms with E-state index in [4.69, 9.17) is 0 Å². The Kier molecular flexibility index (Phi) is 4.20. The lowest BCUT2D eigenvalue weighted by atomic mass is 10.1. The molecule has 6 heteroatoms. The van der Waals surface area contributed by atoms with Gasteiger partial charge in [-0.25, -0.2) is 4.39 Å². The Morgan fingerprint density at radius 1 is 1.14 bits per heavy atom. The van der Waals surface area contributed by atoms with Gasteiger partial charge in [-0.05, 0) is 47.5 Å². The smallest absolute Gasteiger partial charge is 0.207 e. The highest BCUT2D eigenvalue weighted by Gasteiger charge is 2.12. The molecule has 0 saturated heterocycles. The first-order valence-corrected chi connectivity index (χ1v) is 7.86. The molecular weight excluding hydrogens is 299 g/mol. The van der Waals surface area contributed by atoms with Gasteiger partial charge in [0.1, 0.15) is 5.82 Å². The van der Waals surface area contributed by atoms with Gasteiger partial charge in [-0.3, -0.25) is 0 Å². The number of rotatable bonds is 4. The van der Waals surface area contributed by atoms with Crippen LogP contribution in [0.15, 0.2) is 47.6 Å². The summed E-state index contributed by atoms with van der Waals surface area (Å²) in [6.07, 6.45) is 0. The number of aryl methyl sites for hydroxylation is 2. The van der Waals surface area contributed by atoms with E-state index in [9.17, 15) is 4.39 Å². The van der Waals surface area contributed by atoms with Gasteiger partial charge >= 0.3 is 0 Å².